The van der Waals surface area contributed by atoms with Crippen molar-refractivity contribution in [1.82, 2.24) is 4.57 Å². The fourth-order valence-corrected chi connectivity index (χ4v) is 6.51. The van der Waals surface area contributed by atoms with Crippen molar-refractivity contribution in [2.45, 2.75) is 19.6 Å². The molecule has 248 valence electrons. The molecule has 49 heavy (non-hydrogen) atoms. The van der Waals surface area contributed by atoms with Gasteiger partial charge < -0.3 is 18.9 Å². The Labute approximate surface area is 284 Å². The van der Waals surface area contributed by atoms with Crippen LogP contribution >= 0.6 is 11.3 Å². The summed E-state index contributed by atoms with van der Waals surface area (Å²) in [5.74, 6) is 0.879. The molecule has 0 unspecified atom stereocenters. The Balaban J connectivity index is 1.51. The van der Waals surface area contributed by atoms with Crippen LogP contribution in [0.15, 0.2) is 112 Å². The van der Waals surface area contributed by atoms with Gasteiger partial charge in [-0.05, 0) is 54.5 Å². The highest BCUT2D eigenvalue weighted by atomic mass is 32.1. The maximum atomic E-state index is 14.4. The molecule has 0 radical (unpaired) electrons. The van der Waals surface area contributed by atoms with Crippen LogP contribution in [0.4, 0.5) is 5.69 Å². The predicted molar refractivity (Wildman–Crippen MR) is 184 cm³/mol. The molecule has 0 amide bonds. The summed E-state index contributed by atoms with van der Waals surface area (Å²) >= 11 is 1.19. The zero-order valence-corrected chi connectivity index (χ0v) is 27.6. The Kier molecular flexibility index (Phi) is 9.67. The fraction of sp³-hybridized carbons (Fsp3) is 0.162. The number of nitrogens with zero attached hydrogens (tertiary/aromatic N) is 3. The third kappa shape index (κ3) is 6.72. The van der Waals surface area contributed by atoms with Gasteiger partial charge in [0.1, 0.15) is 12.4 Å². The van der Waals surface area contributed by atoms with E-state index in [0.717, 1.165) is 0 Å². The van der Waals surface area contributed by atoms with E-state index < -0.39 is 16.9 Å². The number of hydrogen-bond donors (Lipinski definition) is 0. The Morgan fingerprint density at radius 2 is 1.69 bits per heavy atom. The molecule has 4 aromatic carbocycles. The van der Waals surface area contributed by atoms with E-state index in [9.17, 15) is 19.7 Å². The number of fused-ring (bicyclic) bond motifs is 1. The van der Waals surface area contributed by atoms with E-state index in [2.05, 4.69) is 0 Å². The molecule has 1 aliphatic heterocycles. The Morgan fingerprint density at radius 1 is 0.959 bits per heavy atom. The summed E-state index contributed by atoms with van der Waals surface area (Å²) in [5, 5.41) is 11.1. The van der Waals surface area contributed by atoms with Gasteiger partial charge in [0.15, 0.2) is 16.3 Å². The third-order valence-corrected chi connectivity index (χ3v) is 8.83. The van der Waals surface area contributed by atoms with Gasteiger partial charge >= 0.3 is 5.97 Å². The van der Waals surface area contributed by atoms with Crippen molar-refractivity contribution >= 4 is 34.8 Å². The number of nitro groups is 1. The van der Waals surface area contributed by atoms with Crippen LogP contribution in [0.1, 0.15) is 35.2 Å². The van der Waals surface area contributed by atoms with Gasteiger partial charge in [0.2, 0.25) is 0 Å². The zero-order valence-electron chi connectivity index (χ0n) is 26.8. The molecule has 12 heteroatoms. The maximum absolute atomic E-state index is 14.4. The van der Waals surface area contributed by atoms with E-state index in [1.54, 1.807) is 62.6 Å². The normalized spacial score (nSPS) is 14.1. The summed E-state index contributed by atoms with van der Waals surface area (Å²) in [6.07, 6.45) is 1.71. The van der Waals surface area contributed by atoms with Crippen molar-refractivity contribution in [3.05, 3.63) is 155 Å². The number of nitro benzene ring substituents is 1. The fourth-order valence-electron chi connectivity index (χ4n) is 5.51. The largest absolute Gasteiger partial charge is 0.497 e. The molecule has 1 atom stereocenters. The lowest BCUT2D eigenvalue weighted by Crippen LogP contribution is -2.40. The molecular weight excluding hydrogens is 646 g/mol. The van der Waals surface area contributed by atoms with Crippen molar-refractivity contribution in [2.75, 3.05) is 20.8 Å². The number of hydrogen-bond acceptors (Lipinski definition) is 10. The Bertz CT molecular complexity index is 2220. The molecule has 11 nitrogen and oxygen atoms in total. The van der Waals surface area contributed by atoms with E-state index in [-0.39, 0.29) is 30.0 Å². The number of benzene rings is 4. The first-order valence-electron chi connectivity index (χ1n) is 15.3. The van der Waals surface area contributed by atoms with Crippen molar-refractivity contribution in [3.63, 3.8) is 0 Å². The van der Waals surface area contributed by atoms with Crippen molar-refractivity contribution in [1.29, 1.82) is 0 Å². The highest BCUT2D eigenvalue weighted by Gasteiger charge is 2.35. The summed E-state index contributed by atoms with van der Waals surface area (Å²) in [6.45, 7) is 1.97. The zero-order chi connectivity index (χ0) is 34.5. The highest BCUT2D eigenvalue weighted by molar-refractivity contribution is 7.07. The van der Waals surface area contributed by atoms with Gasteiger partial charge in [-0.3, -0.25) is 19.5 Å². The van der Waals surface area contributed by atoms with Gasteiger partial charge in [-0.25, -0.2) is 9.79 Å². The lowest BCUT2D eigenvalue weighted by molar-refractivity contribution is -0.384. The van der Waals surface area contributed by atoms with E-state index in [0.29, 0.717) is 54.5 Å². The Morgan fingerprint density at radius 3 is 2.35 bits per heavy atom. The highest BCUT2D eigenvalue weighted by Crippen LogP contribution is 2.36. The van der Waals surface area contributed by atoms with Crippen LogP contribution in [0, 0.1) is 10.1 Å². The van der Waals surface area contributed by atoms with Crippen LogP contribution in [0.2, 0.25) is 0 Å². The van der Waals surface area contributed by atoms with Gasteiger partial charge in [0, 0.05) is 23.3 Å². The van der Waals surface area contributed by atoms with Crippen molar-refractivity contribution in [2.24, 2.45) is 4.99 Å². The summed E-state index contributed by atoms with van der Waals surface area (Å²) in [6, 6.07) is 27.1. The lowest BCUT2D eigenvalue weighted by atomic mass is 9.93. The number of aromatic nitrogens is 1. The average Bonchev–Trinajstić information content (AvgIpc) is 3.44. The number of carbonyl (C=O) groups excluding carboxylic acids is 1. The SMILES string of the molecule is CCOC(=O)C1=C(c2ccccc2)N=c2s/c(=C\c3cccc(OC)c3OCc3ccc([N+](=O)[O-])cc3)c(=O)n2[C@@H]1c1ccc(OC)cc1. The molecule has 0 bridgehead atoms. The van der Waals surface area contributed by atoms with E-state index in [4.69, 9.17) is 23.9 Å². The number of carbonyl (C=O) groups is 1. The minimum absolute atomic E-state index is 0.0217. The summed E-state index contributed by atoms with van der Waals surface area (Å²) in [7, 11) is 3.08. The van der Waals surface area contributed by atoms with Crippen LogP contribution in [-0.2, 0) is 16.1 Å². The van der Waals surface area contributed by atoms with Crippen LogP contribution in [0.25, 0.3) is 11.8 Å². The van der Waals surface area contributed by atoms with Gasteiger partial charge in [-0.2, -0.15) is 0 Å². The average molecular weight is 678 g/mol. The molecule has 0 N–H and O–H groups in total. The van der Waals surface area contributed by atoms with Gasteiger partial charge in [-0.1, -0.05) is 65.9 Å². The second kappa shape index (κ2) is 14.4. The van der Waals surface area contributed by atoms with Crippen molar-refractivity contribution in [3.8, 4) is 17.2 Å². The molecule has 6 rings (SSSR count). The minimum atomic E-state index is -0.846. The monoisotopic (exact) mass is 677 g/mol. The topological polar surface area (TPSA) is 131 Å². The van der Waals surface area contributed by atoms with Crippen molar-refractivity contribution < 1.29 is 28.7 Å². The number of ether oxygens (including phenoxy) is 4. The molecule has 0 saturated carbocycles. The molecule has 5 aromatic rings. The third-order valence-electron chi connectivity index (χ3n) is 7.85. The number of non-ortho nitro benzene ring substituents is 1. The standard InChI is InChI=1S/C37H31N3O8S/c1-4-47-36(42)31-32(24-9-6-5-7-10-24)38-37-39(33(31)25-15-19-28(45-2)20-16-25)35(41)30(49-37)21-26-11-8-12-29(46-3)34(26)48-22-23-13-17-27(18-14-23)40(43)44/h5-21,33H,4,22H2,1-3H3/b30-21-/t33-/m1/s1. The van der Waals surface area contributed by atoms with Crippen LogP contribution in [-0.4, -0.2) is 36.3 Å². The lowest BCUT2D eigenvalue weighted by Gasteiger charge is -2.26. The minimum Gasteiger partial charge on any atom is -0.497 e. The predicted octanol–water partition coefficient (Wildman–Crippen LogP) is 5.44. The first-order chi connectivity index (χ1) is 23.8. The second-order valence-electron chi connectivity index (χ2n) is 10.8. The maximum Gasteiger partial charge on any atom is 0.338 e. The molecule has 0 fully saturated rings. The van der Waals surface area contributed by atoms with Crippen LogP contribution in [0.3, 0.4) is 0 Å². The quantitative estimate of drug-likeness (QED) is 0.103. The molecule has 1 aliphatic rings. The van der Waals surface area contributed by atoms with Gasteiger partial charge in [0.05, 0.1) is 47.6 Å². The first-order valence-corrected chi connectivity index (χ1v) is 16.1. The molecule has 1 aromatic heterocycles. The van der Waals surface area contributed by atoms with E-state index in [1.165, 1.54) is 35.1 Å². The molecule has 0 saturated heterocycles. The van der Waals surface area contributed by atoms with E-state index >= 15 is 0 Å². The number of esters is 1. The number of rotatable bonds is 11. The summed E-state index contributed by atoms with van der Waals surface area (Å²) in [5.41, 5.74) is 2.94. The van der Waals surface area contributed by atoms with Crippen LogP contribution in [0.5, 0.6) is 17.2 Å². The molecule has 0 aliphatic carbocycles. The first kappa shape index (κ1) is 32.9. The van der Waals surface area contributed by atoms with Gasteiger partial charge in [0.25, 0.3) is 11.2 Å². The Hall–Kier alpha value is -6.01. The number of para-hydroxylation sites is 1. The second-order valence-corrected chi connectivity index (χ2v) is 11.8. The summed E-state index contributed by atoms with van der Waals surface area (Å²) in [4.78, 5) is 44.0. The smallest absolute Gasteiger partial charge is 0.338 e. The van der Waals surface area contributed by atoms with Crippen LogP contribution < -0.4 is 29.1 Å². The molecular formula is C37H31N3O8S. The van der Waals surface area contributed by atoms with E-state index in [1.807, 2.05) is 42.5 Å². The molecule has 0 spiro atoms. The van der Waals surface area contributed by atoms with Gasteiger partial charge in [-0.15, -0.1) is 0 Å². The summed E-state index contributed by atoms with van der Waals surface area (Å²) < 4.78 is 24.6. The number of thiazole rings is 1. The molecule has 2 heterocycles. The number of methoxy groups -OCH3 is 2.